The van der Waals surface area contributed by atoms with E-state index in [9.17, 15) is 4.79 Å². The lowest BCUT2D eigenvalue weighted by Crippen LogP contribution is -2.26. The summed E-state index contributed by atoms with van der Waals surface area (Å²) in [4.78, 5) is 17.6. The first-order chi connectivity index (χ1) is 12.1. The Kier molecular flexibility index (Phi) is 5.43. The van der Waals surface area contributed by atoms with E-state index in [0.717, 1.165) is 40.9 Å². The molecular weight excluding hydrogens is 338 g/mol. The van der Waals surface area contributed by atoms with Gasteiger partial charge in [-0.3, -0.25) is 4.79 Å². The molecule has 6 nitrogen and oxygen atoms in total. The van der Waals surface area contributed by atoms with Crippen LogP contribution in [0.1, 0.15) is 47.2 Å². The molecule has 0 spiro atoms. The van der Waals surface area contributed by atoms with E-state index in [4.69, 9.17) is 9.47 Å². The molecule has 1 aromatic carbocycles. The van der Waals surface area contributed by atoms with Gasteiger partial charge in [-0.25, -0.2) is 4.98 Å². The highest BCUT2D eigenvalue weighted by Gasteiger charge is 2.19. The van der Waals surface area contributed by atoms with E-state index in [-0.39, 0.29) is 11.9 Å². The number of rotatable bonds is 5. The number of anilines is 1. The van der Waals surface area contributed by atoms with Crippen LogP contribution >= 0.6 is 11.3 Å². The summed E-state index contributed by atoms with van der Waals surface area (Å²) in [5, 5.41) is 6.96. The van der Waals surface area contributed by atoms with Gasteiger partial charge in [0.05, 0.1) is 24.9 Å². The molecule has 0 aliphatic carbocycles. The summed E-state index contributed by atoms with van der Waals surface area (Å²) >= 11 is 1.38. The molecule has 2 N–H and O–H groups in total. The van der Waals surface area contributed by atoms with Gasteiger partial charge in [0.25, 0.3) is 5.91 Å². The van der Waals surface area contributed by atoms with Gasteiger partial charge in [-0.15, -0.1) is 0 Å². The van der Waals surface area contributed by atoms with Crippen molar-refractivity contribution in [3.63, 3.8) is 0 Å². The number of aromatic nitrogens is 1. The van der Waals surface area contributed by atoms with Crippen molar-refractivity contribution >= 4 is 22.4 Å². The standard InChI is InChI=1S/C18H23N3O3S/c1-4-19-18-21-12(3)16(25-18)17(22)20-11(2)13-6-7-14-15(10-13)24-9-5-8-23-14/h6-7,10-11H,4-5,8-9H2,1-3H3,(H,19,21)(H,20,22). The van der Waals surface area contributed by atoms with Crippen LogP contribution < -0.4 is 20.1 Å². The van der Waals surface area contributed by atoms with Crippen LogP contribution in [0, 0.1) is 6.92 Å². The number of ether oxygens (including phenoxy) is 2. The third-order valence-electron chi connectivity index (χ3n) is 3.95. The SMILES string of the molecule is CCNc1nc(C)c(C(=O)NC(C)c2ccc3c(c2)OCCCO3)s1. The summed E-state index contributed by atoms with van der Waals surface area (Å²) in [5.74, 6) is 1.38. The molecule has 3 rings (SSSR count). The molecule has 1 atom stereocenters. The third-order valence-corrected chi connectivity index (χ3v) is 5.06. The first kappa shape index (κ1) is 17.5. The van der Waals surface area contributed by atoms with Gasteiger partial charge in [0.15, 0.2) is 16.6 Å². The highest BCUT2D eigenvalue weighted by Crippen LogP contribution is 2.32. The minimum atomic E-state index is -0.145. The number of hydrogen-bond acceptors (Lipinski definition) is 6. The normalized spacial score (nSPS) is 14.5. The Morgan fingerprint density at radius 2 is 2.08 bits per heavy atom. The van der Waals surface area contributed by atoms with Crippen LogP contribution in [0.15, 0.2) is 18.2 Å². The molecule has 1 aliphatic rings. The van der Waals surface area contributed by atoms with Crippen LogP contribution in [-0.2, 0) is 0 Å². The largest absolute Gasteiger partial charge is 0.490 e. The van der Waals surface area contributed by atoms with Crippen molar-refractivity contribution in [3.05, 3.63) is 34.3 Å². The fraction of sp³-hybridized carbons (Fsp3) is 0.444. The monoisotopic (exact) mass is 361 g/mol. The van der Waals surface area contributed by atoms with E-state index < -0.39 is 0 Å². The maximum Gasteiger partial charge on any atom is 0.263 e. The number of nitrogens with one attached hydrogen (secondary N) is 2. The van der Waals surface area contributed by atoms with Gasteiger partial charge in [-0.1, -0.05) is 17.4 Å². The Hall–Kier alpha value is -2.28. The lowest BCUT2D eigenvalue weighted by atomic mass is 10.1. The summed E-state index contributed by atoms with van der Waals surface area (Å²) < 4.78 is 11.4. The smallest absolute Gasteiger partial charge is 0.263 e. The molecule has 134 valence electrons. The third kappa shape index (κ3) is 4.04. The van der Waals surface area contributed by atoms with Crippen molar-refractivity contribution < 1.29 is 14.3 Å². The first-order valence-electron chi connectivity index (χ1n) is 8.50. The number of aryl methyl sites for hydroxylation is 1. The Morgan fingerprint density at radius 1 is 1.32 bits per heavy atom. The number of carbonyl (C=O) groups is 1. The molecule has 1 aromatic heterocycles. The molecule has 0 saturated carbocycles. The van der Waals surface area contributed by atoms with Gasteiger partial charge in [0.2, 0.25) is 0 Å². The fourth-order valence-electron chi connectivity index (χ4n) is 2.63. The second-order valence-electron chi connectivity index (χ2n) is 5.92. The Bertz CT molecular complexity index is 760. The van der Waals surface area contributed by atoms with E-state index in [1.807, 2.05) is 39.0 Å². The number of thiazole rings is 1. The van der Waals surface area contributed by atoms with Gasteiger partial charge in [0, 0.05) is 13.0 Å². The van der Waals surface area contributed by atoms with Crippen LogP contribution in [0.25, 0.3) is 0 Å². The molecule has 1 amide bonds. The highest BCUT2D eigenvalue weighted by molar-refractivity contribution is 7.17. The highest BCUT2D eigenvalue weighted by atomic mass is 32.1. The van der Waals surface area contributed by atoms with Crippen molar-refractivity contribution in [2.75, 3.05) is 25.1 Å². The molecule has 25 heavy (non-hydrogen) atoms. The predicted octanol–water partition coefficient (Wildman–Crippen LogP) is 3.54. The number of benzene rings is 1. The Balaban J connectivity index is 1.72. The zero-order valence-electron chi connectivity index (χ0n) is 14.7. The summed E-state index contributed by atoms with van der Waals surface area (Å²) in [6, 6.07) is 5.66. The molecule has 1 unspecified atom stereocenters. The average molecular weight is 361 g/mol. The molecule has 0 radical (unpaired) electrons. The number of nitrogens with zero attached hydrogens (tertiary/aromatic N) is 1. The van der Waals surface area contributed by atoms with Gasteiger partial charge < -0.3 is 20.1 Å². The number of fused-ring (bicyclic) bond motifs is 1. The van der Waals surface area contributed by atoms with Gasteiger partial charge in [0.1, 0.15) is 4.88 Å². The topological polar surface area (TPSA) is 72.5 Å². The van der Waals surface area contributed by atoms with Crippen LogP contribution in [0.5, 0.6) is 11.5 Å². The summed E-state index contributed by atoms with van der Waals surface area (Å²) in [7, 11) is 0. The van der Waals surface area contributed by atoms with Crippen LogP contribution in [0.3, 0.4) is 0 Å². The minimum Gasteiger partial charge on any atom is -0.490 e. The van der Waals surface area contributed by atoms with E-state index in [1.165, 1.54) is 11.3 Å². The Labute approximate surface area is 151 Å². The second kappa shape index (κ2) is 7.74. The van der Waals surface area contributed by atoms with Crippen LogP contribution in [0.2, 0.25) is 0 Å². The lowest BCUT2D eigenvalue weighted by Gasteiger charge is -2.16. The molecule has 0 fully saturated rings. The van der Waals surface area contributed by atoms with Gasteiger partial charge in [-0.2, -0.15) is 0 Å². The van der Waals surface area contributed by atoms with Crippen molar-refractivity contribution in [2.45, 2.75) is 33.2 Å². The maximum atomic E-state index is 12.6. The van der Waals surface area contributed by atoms with Crippen LogP contribution in [0.4, 0.5) is 5.13 Å². The minimum absolute atomic E-state index is 0.112. The zero-order chi connectivity index (χ0) is 17.8. The van der Waals surface area contributed by atoms with Crippen LogP contribution in [-0.4, -0.2) is 30.6 Å². The quantitative estimate of drug-likeness (QED) is 0.852. The van der Waals surface area contributed by atoms with Crippen molar-refractivity contribution in [2.24, 2.45) is 0 Å². The molecule has 2 heterocycles. The van der Waals surface area contributed by atoms with Gasteiger partial charge in [-0.05, 0) is 38.5 Å². The summed E-state index contributed by atoms with van der Waals surface area (Å²) in [6.07, 6.45) is 0.870. The van der Waals surface area contributed by atoms with E-state index in [0.29, 0.717) is 18.1 Å². The molecule has 2 aromatic rings. The summed E-state index contributed by atoms with van der Waals surface area (Å²) in [6.45, 7) is 7.90. The molecular formula is C18H23N3O3S. The maximum absolute atomic E-state index is 12.6. The first-order valence-corrected chi connectivity index (χ1v) is 9.32. The van der Waals surface area contributed by atoms with E-state index >= 15 is 0 Å². The number of hydrogen-bond donors (Lipinski definition) is 2. The molecule has 7 heteroatoms. The zero-order valence-corrected chi connectivity index (χ0v) is 15.5. The number of amides is 1. The lowest BCUT2D eigenvalue weighted by molar-refractivity contribution is 0.0943. The van der Waals surface area contributed by atoms with E-state index in [2.05, 4.69) is 15.6 Å². The Morgan fingerprint density at radius 3 is 2.84 bits per heavy atom. The van der Waals surface area contributed by atoms with E-state index in [1.54, 1.807) is 0 Å². The van der Waals surface area contributed by atoms with Crippen molar-refractivity contribution in [1.29, 1.82) is 0 Å². The van der Waals surface area contributed by atoms with Crippen molar-refractivity contribution in [1.82, 2.24) is 10.3 Å². The van der Waals surface area contributed by atoms with Crippen molar-refractivity contribution in [3.8, 4) is 11.5 Å². The molecule has 0 bridgehead atoms. The predicted molar refractivity (Wildman–Crippen MR) is 98.9 cm³/mol. The molecule has 0 saturated heterocycles. The second-order valence-corrected chi connectivity index (χ2v) is 6.91. The fourth-order valence-corrected chi connectivity index (χ4v) is 3.57. The average Bonchev–Trinajstić information content (AvgIpc) is 2.81. The molecule has 1 aliphatic heterocycles. The summed E-state index contributed by atoms with van der Waals surface area (Å²) in [5.41, 5.74) is 1.72. The van der Waals surface area contributed by atoms with Gasteiger partial charge >= 0.3 is 0 Å². The number of carbonyl (C=O) groups excluding carboxylic acids is 1.